The van der Waals surface area contributed by atoms with Gasteiger partial charge in [-0.3, -0.25) is 4.90 Å². The first-order valence-electron chi connectivity index (χ1n) is 7.13. The molecule has 2 nitrogen and oxygen atoms in total. The molecule has 2 N–H and O–H groups in total. The molecule has 0 spiro atoms. The SMILES string of the molecule is CCCC(CN)(CCC)N1CCC(C)CC1. The van der Waals surface area contributed by atoms with Crippen LogP contribution in [0.2, 0.25) is 0 Å². The molecule has 1 rings (SSSR count). The van der Waals surface area contributed by atoms with Crippen LogP contribution in [0.5, 0.6) is 0 Å². The van der Waals surface area contributed by atoms with E-state index >= 15 is 0 Å². The first-order valence-corrected chi connectivity index (χ1v) is 7.13. The predicted molar refractivity (Wildman–Crippen MR) is 71.6 cm³/mol. The van der Waals surface area contributed by atoms with E-state index in [-0.39, 0.29) is 0 Å². The van der Waals surface area contributed by atoms with E-state index < -0.39 is 0 Å². The molecule has 0 aromatic heterocycles. The van der Waals surface area contributed by atoms with Crippen molar-refractivity contribution in [2.24, 2.45) is 11.7 Å². The number of nitrogens with zero attached hydrogens (tertiary/aromatic N) is 1. The van der Waals surface area contributed by atoms with Gasteiger partial charge in [0, 0.05) is 12.1 Å². The minimum Gasteiger partial charge on any atom is -0.329 e. The Morgan fingerprint density at radius 1 is 1.12 bits per heavy atom. The number of piperidine rings is 1. The van der Waals surface area contributed by atoms with Gasteiger partial charge in [0.05, 0.1) is 0 Å². The van der Waals surface area contributed by atoms with Crippen molar-refractivity contribution in [3.05, 3.63) is 0 Å². The lowest BCUT2D eigenvalue weighted by molar-refractivity contribution is 0.0427. The molecule has 1 aliphatic rings. The average Bonchev–Trinajstić information content (AvgIpc) is 2.29. The molecule has 0 amide bonds. The maximum Gasteiger partial charge on any atom is 0.0331 e. The van der Waals surface area contributed by atoms with Gasteiger partial charge < -0.3 is 5.73 Å². The van der Waals surface area contributed by atoms with Gasteiger partial charge in [0.2, 0.25) is 0 Å². The molecule has 0 saturated carbocycles. The van der Waals surface area contributed by atoms with E-state index in [2.05, 4.69) is 25.7 Å². The number of hydrogen-bond acceptors (Lipinski definition) is 2. The molecule has 0 aliphatic carbocycles. The van der Waals surface area contributed by atoms with E-state index in [1.54, 1.807) is 0 Å². The van der Waals surface area contributed by atoms with Crippen LogP contribution in [0, 0.1) is 5.92 Å². The van der Waals surface area contributed by atoms with E-state index in [0.29, 0.717) is 5.54 Å². The maximum atomic E-state index is 6.10. The van der Waals surface area contributed by atoms with E-state index in [1.807, 2.05) is 0 Å². The Kier molecular flexibility index (Phi) is 5.77. The summed E-state index contributed by atoms with van der Waals surface area (Å²) in [5.41, 5.74) is 6.41. The number of likely N-dealkylation sites (tertiary alicyclic amines) is 1. The smallest absolute Gasteiger partial charge is 0.0331 e. The van der Waals surface area contributed by atoms with Gasteiger partial charge in [0.15, 0.2) is 0 Å². The molecule has 1 aliphatic heterocycles. The lowest BCUT2D eigenvalue weighted by Crippen LogP contribution is -2.56. The molecular weight excluding hydrogens is 196 g/mol. The quantitative estimate of drug-likeness (QED) is 0.754. The summed E-state index contributed by atoms with van der Waals surface area (Å²) in [5, 5.41) is 0. The van der Waals surface area contributed by atoms with Crippen molar-refractivity contribution in [2.75, 3.05) is 19.6 Å². The van der Waals surface area contributed by atoms with Crippen LogP contribution in [0.3, 0.4) is 0 Å². The van der Waals surface area contributed by atoms with Crippen LogP contribution in [0.15, 0.2) is 0 Å². The summed E-state index contributed by atoms with van der Waals surface area (Å²) in [6.07, 6.45) is 7.76. The second-order valence-electron chi connectivity index (χ2n) is 5.60. The molecule has 16 heavy (non-hydrogen) atoms. The summed E-state index contributed by atoms with van der Waals surface area (Å²) in [5.74, 6) is 0.912. The zero-order chi connectivity index (χ0) is 12.0. The second kappa shape index (κ2) is 6.61. The zero-order valence-electron chi connectivity index (χ0n) is 11.5. The van der Waals surface area contributed by atoms with E-state index in [9.17, 15) is 0 Å². The van der Waals surface area contributed by atoms with Crippen LogP contribution in [-0.2, 0) is 0 Å². The molecule has 0 bridgehead atoms. The number of hydrogen-bond donors (Lipinski definition) is 1. The van der Waals surface area contributed by atoms with E-state index in [4.69, 9.17) is 5.73 Å². The van der Waals surface area contributed by atoms with E-state index in [0.717, 1.165) is 12.5 Å². The Morgan fingerprint density at radius 3 is 2.00 bits per heavy atom. The molecule has 1 heterocycles. The van der Waals surface area contributed by atoms with Gasteiger partial charge in [0.25, 0.3) is 0 Å². The zero-order valence-corrected chi connectivity index (χ0v) is 11.5. The molecule has 1 saturated heterocycles. The molecule has 0 aromatic carbocycles. The highest BCUT2D eigenvalue weighted by molar-refractivity contribution is 4.93. The van der Waals surface area contributed by atoms with Crippen molar-refractivity contribution < 1.29 is 0 Å². The summed E-state index contributed by atoms with van der Waals surface area (Å²) in [4.78, 5) is 2.69. The Hall–Kier alpha value is -0.0800. The molecule has 2 heteroatoms. The third kappa shape index (κ3) is 3.21. The summed E-state index contributed by atoms with van der Waals surface area (Å²) in [7, 11) is 0. The van der Waals surface area contributed by atoms with Gasteiger partial charge in [-0.05, 0) is 44.7 Å². The monoisotopic (exact) mass is 226 g/mol. The van der Waals surface area contributed by atoms with Crippen molar-refractivity contribution in [2.45, 2.75) is 64.8 Å². The molecule has 0 radical (unpaired) electrons. The predicted octanol–water partition coefficient (Wildman–Crippen LogP) is 3.02. The number of nitrogens with two attached hydrogens (primary N) is 1. The van der Waals surface area contributed by atoms with E-state index in [1.165, 1.54) is 51.6 Å². The topological polar surface area (TPSA) is 29.3 Å². The van der Waals surface area contributed by atoms with Gasteiger partial charge in [-0.25, -0.2) is 0 Å². The molecule has 0 atom stereocenters. The highest BCUT2D eigenvalue weighted by Crippen LogP contribution is 2.30. The van der Waals surface area contributed by atoms with Crippen molar-refractivity contribution in [1.29, 1.82) is 0 Å². The minimum atomic E-state index is 0.309. The molecule has 96 valence electrons. The van der Waals surface area contributed by atoms with Gasteiger partial charge in [-0.1, -0.05) is 33.6 Å². The Labute approximate surface area is 102 Å². The fourth-order valence-electron chi connectivity index (χ4n) is 3.19. The highest BCUT2D eigenvalue weighted by Gasteiger charge is 2.35. The Balaban J connectivity index is 2.66. The Morgan fingerprint density at radius 2 is 1.62 bits per heavy atom. The third-order valence-corrected chi connectivity index (χ3v) is 4.27. The fraction of sp³-hybridized carbons (Fsp3) is 1.00. The molecule has 0 aromatic rings. The normalized spacial score (nSPS) is 20.2. The van der Waals surface area contributed by atoms with Gasteiger partial charge in [-0.2, -0.15) is 0 Å². The summed E-state index contributed by atoms with van der Waals surface area (Å²) < 4.78 is 0. The average molecular weight is 226 g/mol. The Bertz CT molecular complexity index is 177. The summed E-state index contributed by atoms with van der Waals surface area (Å²) in [6, 6.07) is 0. The van der Waals surface area contributed by atoms with Crippen LogP contribution in [0.1, 0.15) is 59.3 Å². The van der Waals surface area contributed by atoms with Crippen molar-refractivity contribution >= 4 is 0 Å². The molecule has 0 unspecified atom stereocenters. The first-order chi connectivity index (χ1) is 7.68. The largest absolute Gasteiger partial charge is 0.329 e. The van der Waals surface area contributed by atoms with Crippen LogP contribution < -0.4 is 5.73 Å². The third-order valence-electron chi connectivity index (χ3n) is 4.27. The summed E-state index contributed by atoms with van der Waals surface area (Å²) >= 11 is 0. The first kappa shape index (κ1) is 14.0. The van der Waals surface area contributed by atoms with Crippen molar-refractivity contribution in [3.8, 4) is 0 Å². The lowest BCUT2D eigenvalue weighted by Gasteiger charge is -2.46. The van der Waals surface area contributed by atoms with Gasteiger partial charge >= 0.3 is 0 Å². The summed E-state index contributed by atoms with van der Waals surface area (Å²) in [6.45, 7) is 10.3. The van der Waals surface area contributed by atoms with Gasteiger partial charge in [0.1, 0.15) is 0 Å². The molecule has 1 fully saturated rings. The fourth-order valence-corrected chi connectivity index (χ4v) is 3.19. The van der Waals surface area contributed by atoms with Crippen molar-refractivity contribution in [1.82, 2.24) is 4.90 Å². The highest BCUT2D eigenvalue weighted by atomic mass is 15.2. The van der Waals surface area contributed by atoms with Crippen molar-refractivity contribution in [3.63, 3.8) is 0 Å². The minimum absolute atomic E-state index is 0.309. The maximum absolute atomic E-state index is 6.10. The number of rotatable bonds is 6. The van der Waals surface area contributed by atoms with Crippen LogP contribution in [-0.4, -0.2) is 30.1 Å². The second-order valence-corrected chi connectivity index (χ2v) is 5.60. The van der Waals surface area contributed by atoms with Crippen LogP contribution in [0.4, 0.5) is 0 Å². The van der Waals surface area contributed by atoms with Gasteiger partial charge in [-0.15, -0.1) is 0 Å². The van der Waals surface area contributed by atoms with Crippen LogP contribution in [0.25, 0.3) is 0 Å². The van der Waals surface area contributed by atoms with Crippen LogP contribution >= 0.6 is 0 Å². The molecular formula is C14H30N2. The lowest BCUT2D eigenvalue weighted by atomic mass is 9.84. The standard InChI is InChI=1S/C14H30N2/c1-4-8-14(12-15,9-5-2)16-10-6-13(3)7-11-16/h13H,4-12,15H2,1-3H3.